The smallest absolute Gasteiger partial charge is 0.321 e. The Hall–Kier alpha value is -3.61. The highest BCUT2D eigenvalue weighted by molar-refractivity contribution is 6.11. The van der Waals surface area contributed by atoms with Crippen molar-refractivity contribution in [2.24, 2.45) is 5.92 Å². The minimum atomic E-state index is -0.875. The predicted octanol–water partition coefficient (Wildman–Crippen LogP) is 4.53. The number of anilines is 1. The van der Waals surface area contributed by atoms with Gasteiger partial charge in [0.2, 0.25) is 5.78 Å². The highest BCUT2D eigenvalue weighted by atomic mass is 16.5. The number of H-pyrrole nitrogens is 1. The molecule has 2 N–H and O–H groups in total. The Morgan fingerprint density at radius 1 is 1.03 bits per heavy atom. The molecule has 32 heavy (non-hydrogen) atoms. The molecule has 3 aromatic rings. The summed E-state index contributed by atoms with van der Waals surface area (Å²) in [5, 5.41) is 3.69. The number of carbonyl (C=O) groups excluding carboxylic acids is 3. The van der Waals surface area contributed by atoms with E-state index in [1.54, 1.807) is 11.8 Å². The number of ether oxygens (including phenoxy) is 1. The summed E-state index contributed by atoms with van der Waals surface area (Å²) in [5.74, 6) is -0.922. The van der Waals surface area contributed by atoms with E-state index in [4.69, 9.17) is 4.74 Å². The maximum Gasteiger partial charge on any atom is 0.321 e. The lowest BCUT2D eigenvalue weighted by Gasteiger charge is -2.31. The molecule has 1 fully saturated rings. The molecule has 0 aliphatic carbocycles. The van der Waals surface area contributed by atoms with Gasteiger partial charge in [0.15, 0.2) is 6.10 Å². The van der Waals surface area contributed by atoms with Crippen molar-refractivity contribution in [3.05, 3.63) is 65.9 Å². The number of para-hydroxylation sites is 2. The van der Waals surface area contributed by atoms with Gasteiger partial charge in [-0.3, -0.25) is 9.59 Å². The lowest BCUT2D eigenvalue weighted by atomic mass is 9.97. The first-order valence-electron chi connectivity index (χ1n) is 10.9. The lowest BCUT2D eigenvalue weighted by molar-refractivity contribution is -0.152. The predicted molar refractivity (Wildman–Crippen MR) is 123 cm³/mol. The number of Topliss-reactive ketones (excluding diaryl/α,β-unsaturated/α-hetero) is 1. The number of hydrogen-bond donors (Lipinski definition) is 2. The lowest BCUT2D eigenvalue weighted by Crippen LogP contribution is -2.43. The molecule has 2 aromatic carbocycles. The molecule has 166 valence electrons. The number of hydrogen-bond acceptors (Lipinski definition) is 4. The number of aryl methyl sites for hydroxylation is 1. The van der Waals surface area contributed by atoms with E-state index in [-0.39, 0.29) is 23.7 Å². The minimum Gasteiger partial charge on any atom is -0.454 e. The Bertz CT molecular complexity index is 1130. The molecule has 2 amide bonds. The molecule has 7 nitrogen and oxygen atoms in total. The number of aromatic amines is 1. The number of piperidine rings is 1. The van der Waals surface area contributed by atoms with Gasteiger partial charge in [0, 0.05) is 40.9 Å². The molecular weight excluding hydrogens is 406 g/mol. The maximum absolute atomic E-state index is 13.0. The van der Waals surface area contributed by atoms with E-state index in [9.17, 15) is 14.4 Å². The summed E-state index contributed by atoms with van der Waals surface area (Å²) in [6.07, 6.45) is 0.141. The zero-order chi connectivity index (χ0) is 22.7. The number of urea groups is 1. The number of amides is 2. The Balaban J connectivity index is 1.32. The monoisotopic (exact) mass is 433 g/mol. The minimum absolute atomic E-state index is 0.179. The second kappa shape index (κ2) is 9.26. The molecule has 1 saturated heterocycles. The Morgan fingerprint density at radius 3 is 2.41 bits per heavy atom. The quantitative estimate of drug-likeness (QED) is 0.457. The molecule has 1 aromatic heterocycles. The number of aromatic nitrogens is 1. The van der Waals surface area contributed by atoms with Crippen molar-refractivity contribution in [3.63, 3.8) is 0 Å². The van der Waals surface area contributed by atoms with Crippen LogP contribution in [0.25, 0.3) is 10.9 Å². The third-order valence-corrected chi connectivity index (χ3v) is 5.94. The summed E-state index contributed by atoms with van der Waals surface area (Å²) in [4.78, 5) is 43.0. The second-order valence-electron chi connectivity index (χ2n) is 8.17. The number of esters is 1. The van der Waals surface area contributed by atoms with Gasteiger partial charge in [-0.25, -0.2) is 4.79 Å². The zero-order valence-electron chi connectivity index (χ0n) is 18.3. The third kappa shape index (κ3) is 4.51. The number of ketones is 1. The van der Waals surface area contributed by atoms with Gasteiger partial charge in [-0.15, -0.1) is 0 Å². The fraction of sp³-hybridized carbons (Fsp3) is 0.320. The summed E-state index contributed by atoms with van der Waals surface area (Å²) in [6.45, 7) is 4.38. The third-order valence-electron chi connectivity index (χ3n) is 5.94. The molecule has 1 atom stereocenters. The van der Waals surface area contributed by atoms with Gasteiger partial charge >= 0.3 is 12.0 Å². The average molecular weight is 434 g/mol. The van der Waals surface area contributed by atoms with Gasteiger partial charge in [-0.2, -0.15) is 0 Å². The van der Waals surface area contributed by atoms with Crippen molar-refractivity contribution in [1.29, 1.82) is 0 Å². The molecule has 1 aliphatic rings. The van der Waals surface area contributed by atoms with E-state index >= 15 is 0 Å². The van der Waals surface area contributed by atoms with Gasteiger partial charge < -0.3 is 19.9 Å². The van der Waals surface area contributed by atoms with Crippen LogP contribution >= 0.6 is 0 Å². The van der Waals surface area contributed by atoms with Crippen LogP contribution in [0.3, 0.4) is 0 Å². The fourth-order valence-electron chi connectivity index (χ4n) is 4.16. The molecule has 7 heteroatoms. The first-order valence-corrected chi connectivity index (χ1v) is 10.9. The standard InChI is InChI=1S/C25H27N3O4/c1-16-22(20-10-6-7-11-21(20)26-16)23(29)17(2)32-24(30)18-12-14-28(15-13-18)25(31)27-19-8-4-3-5-9-19/h3-11,17-18,26H,12-15H2,1-2H3,(H,27,31)/t17-/m1/s1. The van der Waals surface area contributed by atoms with Crippen LogP contribution in [0.1, 0.15) is 35.8 Å². The molecule has 1 aliphatic heterocycles. The first-order chi connectivity index (χ1) is 15.4. The fourth-order valence-corrected chi connectivity index (χ4v) is 4.16. The number of fused-ring (bicyclic) bond motifs is 1. The van der Waals surface area contributed by atoms with E-state index < -0.39 is 6.10 Å². The SMILES string of the molecule is Cc1[nH]c2ccccc2c1C(=O)[C@@H](C)OC(=O)C1CCN(C(=O)Nc2ccccc2)CC1. The average Bonchev–Trinajstić information content (AvgIpc) is 3.14. The van der Waals surface area contributed by atoms with Crippen LogP contribution < -0.4 is 5.32 Å². The molecule has 4 rings (SSSR count). The molecule has 2 heterocycles. The topological polar surface area (TPSA) is 91.5 Å². The summed E-state index contributed by atoms with van der Waals surface area (Å²) >= 11 is 0. The van der Waals surface area contributed by atoms with Gasteiger partial charge in [-0.05, 0) is 44.9 Å². The Morgan fingerprint density at radius 2 is 1.69 bits per heavy atom. The number of carbonyl (C=O) groups is 3. The number of benzene rings is 2. The van der Waals surface area contributed by atoms with Crippen LogP contribution in [-0.4, -0.2) is 46.9 Å². The maximum atomic E-state index is 13.0. The second-order valence-corrected chi connectivity index (χ2v) is 8.17. The van der Waals surface area contributed by atoms with Crippen molar-refractivity contribution < 1.29 is 19.1 Å². The Kier molecular flexibility index (Phi) is 6.25. The highest BCUT2D eigenvalue weighted by Crippen LogP contribution is 2.25. The van der Waals surface area contributed by atoms with E-state index in [2.05, 4.69) is 10.3 Å². The molecule has 0 unspecified atom stereocenters. The first kappa shape index (κ1) is 21.6. The molecule has 0 bridgehead atoms. The number of nitrogens with zero attached hydrogens (tertiary/aromatic N) is 1. The summed E-state index contributed by atoms with van der Waals surface area (Å²) in [5.41, 5.74) is 2.94. The molecular formula is C25H27N3O4. The van der Waals surface area contributed by atoms with Gasteiger partial charge in [0.05, 0.1) is 5.92 Å². The van der Waals surface area contributed by atoms with Crippen molar-refractivity contribution in [2.75, 3.05) is 18.4 Å². The number of likely N-dealkylation sites (tertiary alicyclic amines) is 1. The van der Waals surface area contributed by atoms with E-state index in [0.717, 1.165) is 22.3 Å². The Labute approximate surface area is 186 Å². The van der Waals surface area contributed by atoms with E-state index in [0.29, 0.717) is 31.5 Å². The van der Waals surface area contributed by atoms with Gasteiger partial charge in [0.1, 0.15) is 0 Å². The molecule has 0 spiro atoms. The van der Waals surface area contributed by atoms with E-state index in [1.807, 2.05) is 61.5 Å². The van der Waals surface area contributed by atoms with E-state index in [1.165, 1.54) is 0 Å². The van der Waals surface area contributed by atoms with Crippen LogP contribution in [-0.2, 0) is 9.53 Å². The summed E-state index contributed by atoms with van der Waals surface area (Å²) in [6, 6.07) is 16.7. The van der Waals surface area contributed by atoms with Gasteiger partial charge in [-0.1, -0.05) is 36.4 Å². The molecule has 0 radical (unpaired) electrons. The van der Waals surface area contributed by atoms with Crippen LogP contribution in [0.4, 0.5) is 10.5 Å². The summed E-state index contributed by atoms with van der Waals surface area (Å²) < 4.78 is 5.55. The van der Waals surface area contributed by atoms with Crippen molar-refractivity contribution >= 4 is 34.4 Å². The van der Waals surface area contributed by atoms with Crippen molar-refractivity contribution in [3.8, 4) is 0 Å². The normalized spacial score (nSPS) is 15.4. The van der Waals surface area contributed by atoms with Crippen LogP contribution in [0.5, 0.6) is 0 Å². The van der Waals surface area contributed by atoms with Crippen LogP contribution in [0.15, 0.2) is 54.6 Å². The number of rotatable bonds is 5. The van der Waals surface area contributed by atoms with Gasteiger partial charge in [0.25, 0.3) is 0 Å². The summed E-state index contributed by atoms with van der Waals surface area (Å²) in [7, 11) is 0. The highest BCUT2D eigenvalue weighted by Gasteiger charge is 2.31. The van der Waals surface area contributed by atoms with Crippen molar-refractivity contribution in [2.45, 2.75) is 32.8 Å². The number of nitrogens with one attached hydrogen (secondary N) is 2. The zero-order valence-corrected chi connectivity index (χ0v) is 18.3. The largest absolute Gasteiger partial charge is 0.454 e. The molecule has 0 saturated carbocycles. The van der Waals surface area contributed by atoms with Crippen LogP contribution in [0.2, 0.25) is 0 Å². The van der Waals surface area contributed by atoms with Crippen LogP contribution in [0, 0.1) is 12.8 Å². The van der Waals surface area contributed by atoms with Crippen molar-refractivity contribution in [1.82, 2.24) is 9.88 Å².